The minimum Gasteiger partial charge on any atom is -0.509 e. The lowest BCUT2D eigenvalue weighted by molar-refractivity contribution is -0.152. The Balaban J connectivity index is 2.79. The molecule has 56 valence electrons. The van der Waals surface area contributed by atoms with E-state index in [1.165, 1.54) is 6.92 Å². The van der Waals surface area contributed by atoms with Crippen molar-refractivity contribution >= 4 is 5.97 Å². The Bertz CT molecular complexity index is 194. The molecule has 0 aromatic carbocycles. The number of aliphatic hydroxyl groups is 2. The van der Waals surface area contributed by atoms with Crippen LogP contribution in [0.25, 0.3) is 0 Å². The fourth-order valence-electron chi connectivity index (χ4n) is 0.688. The van der Waals surface area contributed by atoms with Crippen molar-refractivity contribution in [2.45, 2.75) is 19.4 Å². The molecule has 0 saturated carbocycles. The highest BCUT2D eigenvalue weighted by Crippen LogP contribution is 2.16. The van der Waals surface area contributed by atoms with E-state index in [4.69, 9.17) is 10.2 Å². The summed E-state index contributed by atoms with van der Waals surface area (Å²) in [7, 11) is 0. The van der Waals surface area contributed by atoms with E-state index in [1.807, 2.05) is 0 Å². The number of hydrogen-bond acceptors (Lipinski definition) is 4. The number of aliphatic hydroxyl groups excluding tert-OH is 2. The third-order valence-corrected chi connectivity index (χ3v) is 1.32. The summed E-state index contributed by atoms with van der Waals surface area (Å²) in [6, 6.07) is 0. The smallest absolute Gasteiger partial charge is 0.340 e. The Hall–Kier alpha value is -1.03. The zero-order valence-electron chi connectivity index (χ0n) is 5.50. The van der Waals surface area contributed by atoms with Crippen LogP contribution in [0.5, 0.6) is 0 Å². The van der Waals surface area contributed by atoms with Crippen molar-refractivity contribution in [1.29, 1.82) is 0 Å². The molecule has 0 spiro atoms. The normalized spacial score (nSPS) is 26.6. The van der Waals surface area contributed by atoms with Gasteiger partial charge < -0.3 is 14.9 Å². The first-order chi connectivity index (χ1) is 4.61. The maximum atomic E-state index is 10.5. The summed E-state index contributed by atoms with van der Waals surface area (Å²) in [6.45, 7) is 1.47. The van der Waals surface area contributed by atoms with Crippen LogP contribution in [0.1, 0.15) is 13.3 Å². The van der Waals surface area contributed by atoms with E-state index in [-0.39, 0.29) is 17.9 Å². The standard InChI is InChI=1S/C6H8O4/c1-3-4(7)2-5(8)6(9)10-3/h5,7-8H,2H2,1H3. The van der Waals surface area contributed by atoms with Gasteiger partial charge in [-0.25, -0.2) is 4.79 Å². The van der Waals surface area contributed by atoms with Crippen molar-refractivity contribution in [1.82, 2.24) is 0 Å². The number of hydrogen-bond donors (Lipinski definition) is 2. The predicted octanol–water partition coefficient (Wildman–Crippen LogP) is 0.0837. The minimum absolute atomic E-state index is 0.0370. The Morgan fingerprint density at radius 2 is 2.30 bits per heavy atom. The summed E-state index contributed by atoms with van der Waals surface area (Å²) in [5.41, 5.74) is 0. The Kier molecular flexibility index (Phi) is 1.63. The van der Waals surface area contributed by atoms with Crippen LogP contribution in [0.3, 0.4) is 0 Å². The van der Waals surface area contributed by atoms with E-state index < -0.39 is 12.1 Å². The summed E-state index contributed by atoms with van der Waals surface area (Å²) in [6.07, 6.45) is -1.24. The molecule has 1 rings (SSSR count). The molecule has 1 atom stereocenters. The maximum absolute atomic E-state index is 10.5. The molecule has 1 unspecified atom stereocenters. The summed E-state index contributed by atoms with van der Waals surface area (Å²) in [4.78, 5) is 10.5. The van der Waals surface area contributed by atoms with Crippen LogP contribution in [0.4, 0.5) is 0 Å². The summed E-state index contributed by atoms with van der Waals surface area (Å²) < 4.78 is 4.45. The van der Waals surface area contributed by atoms with Crippen molar-refractivity contribution in [3.63, 3.8) is 0 Å². The first-order valence-corrected chi connectivity index (χ1v) is 2.89. The molecule has 0 radical (unpaired) electrons. The van der Waals surface area contributed by atoms with Crippen LogP contribution < -0.4 is 0 Å². The molecule has 4 heteroatoms. The third kappa shape index (κ3) is 1.11. The van der Waals surface area contributed by atoms with Crippen LogP contribution in [0.2, 0.25) is 0 Å². The van der Waals surface area contributed by atoms with Crippen molar-refractivity contribution in [3.05, 3.63) is 11.5 Å². The number of allylic oxidation sites excluding steroid dienone is 1. The second-order valence-corrected chi connectivity index (χ2v) is 2.14. The molecule has 0 saturated heterocycles. The lowest BCUT2D eigenvalue weighted by Gasteiger charge is -2.16. The molecule has 1 aliphatic heterocycles. The van der Waals surface area contributed by atoms with E-state index in [2.05, 4.69) is 4.74 Å². The van der Waals surface area contributed by atoms with Crippen molar-refractivity contribution < 1.29 is 19.7 Å². The van der Waals surface area contributed by atoms with Gasteiger partial charge in [-0.2, -0.15) is 0 Å². The molecule has 10 heavy (non-hydrogen) atoms. The van der Waals surface area contributed by atoms with Gasteiger partial charge in [0, 0.05) is 6.42 Å². The van der Waals surface area contributed by atoms with Crippen molar-refractivity contribution in [2.75, 3.05) is 0 Å². The quantitative estimate of drug-likeness (QED) is 0.472. The van der Waals surface area contributed by atoms with Crippen LogP contribution in [-0.2, 0) is 9.53 Å². The van der Waals surface area contributed by atoms with Crippen LogP contribution in [0, 0.1) is 0 Å². The number of carbonyl (C=O) groups is 1. The van der Waals surface area contributed by atoms with Gasteiger partial charge in [-0.15, -0.1) is 0 Å². The van der Waals surface area contributed by atoms with Gasteiger partial charge in [0.1, 0.15) is 11.5 Å². The fraction of sp³-hybridized carbons (Fsp3) is 0.500. The Labute approximate surface area is 57.7 Å². The van der Waals surface area contributed by atoms with E-state index in [1.54, 1.807) is 0 Å². The highest BCUT2D eigenvalue weighted by atomic mass is 16.6. The number of ether oxygens (including phenoxy) is 1. The van der Waals surface area contributed by atoms with Gasteiger partial charge in [0.15, 0.2) is 6.10 Å². The van der Waals surface area contributed by atoms with E-state index in [0.717, 1.165) is 0 Å². The average molecular weight is 144 g/mol. The number of cyclic esters (lactones) is 1. The minimum atomic E-state index is -1.20. The largest absolute Gasteiger partial charge is 0.509 e. The lowest BCUT2D eigenvalue weighted by atomic mass is 10.2. The second-order valence-electron chi connectivity index (χ2n) is 2.14. The molecular weight excluding hydrogens is 136 g/mol. The second kappa shape index (κ2) is 2.30. The van der Waals surface area contributed by atoms with E-state index >= 15 is 0 Å². The van der Waals surface area contributed by atoms with Gasteiger partial charge >= 0.3 is 5.97 Å². The number of esters is 1. The molecule has 4 nitrogen and oxygen atoms in total. The van der Waals surface area contributed by atoms with Gasteiger partial charge in [-0.05, 0) is 6.92 Å². The first kappa shape index (κ1) is 7.08. The van der Waals surface area contributed by atoms with Crippen LogP contribution >= 0.6 is 0 Å². The van der Waals surface area contributed by atoms with Gasteiger partial charge in [-0.1, -0.05) is 0 Å². The number of rotatable bonds is 0. The summed E-state index contributed by atoms with van der Waals surface area (Å²) in [5.74, 6) is -0.585. The molecule has 0 fully saturated rings. The molecule has 0 aromatic heterocycles. The highest BCUT2D eigenvalue weighted by Gasteiger charge is 2.25. The van der Waals surface area contributed by atoms with Gasteiger partial charge in [0.25, 0.3) is 0 Å². The monoisotopic (exact) mass is 144 g/mol. The predicted molar refractivity (Wildman–Crippen MR) is 32.0 cm³/mol. The molecule has 0 bridgehead atoms. The Morgan fingerprint density at radius 1 is 1.70 bits per heavy atom. The van der Waals surface area contributed by atoms with Crippen molar-refractivity contribution in [2.24, 2.45) is 0 Å². The zero-order chi connectivity index (χ0) is 7.72. The van der Waals surface area contributed by atoms with Crippen molar-refractivity contribution in [3.8, 4) is 0 Å². The Morgan fingerprint density at radius 3 is 2.80 bits per heavy atom. The molecule has 1 aliphatic rings. The number of carbonyl (C=O) groups excluding carboxylic acids is 1. The summed E-state index contributed by atoms with van der Waals surface area (Å²) >= 11 is 0. The molecule has 2 N–H and O–H groups in total. The van der Waals surface area contributed by atoms with Crippen LogP contribution in [0.15, 0.2) is 11.5 Å². The molecule has 0 aliphatic carbocycles. The third-order valence-electron chi connectivity index (χ3n) is 1.32. The SMILES string of the molecule is CC1=C(O)CC(O)C(=O)O1. The fourth-order valence-corrected chi connectivity index (χ4v) is 0.688. The van der Waals surface area contributed by atoms with Gasteiger partial charge in [-0.3, -0.25) is 0 Å². The highest BCUT2D eigenvalue weighted by molar-refractivity contribution is 5.76. The van der Waals surface area contributed by atoms with E-state index in [0.29, 0.717) is 0 Å². The van der Waals surface area contributed by atoms with E-state index in [9.17, 15) is 4.79 Å². The maximum Gasteiger partial charge on any atom is 0.340 e. The van der Waals surface area contributed by atoms with Crippen LogP contribution in [-0.4, -0.2) is 22.3 Å². The van der Waals surface area contributed by atoms with Gasteiger partial charge in [0.2, 0.25) is 0 Å². The average Bonchev–Trinajstić information content (AvgIpc) is 1.84. The zero-order valence-corrected chi connectivity index (χ0v) is 5.50. The topological polar surface area (TPSA) is 66.8 Å². The first-order valence-electron chi connectivity index (χ1n) is 2.89. The van der Waals surface area contributed by atoms with Gasteiger partial charge in [0.05, 0.1) is 0 Å². The molecule has 1 heterocycles. The molecule has 0 amide bonds. The molecule has 0 aromatic rings. The molecular formula is C6H8O4. The summed E-state index contributed by atoms with van der Waals surface area (Å²) in [5, 5.41) is 17.7. The lowest BCUT2D eigenvalue weighted by Crippen LogP contribution is -2.27.